The van der Waals surface area contributed by atoms with Gasteiger partial charge in [0.1, 0.15) is 11.6 Å². The van der Waals surface area contributed by atoms with Crippen molar-refractivity contribution in [2.24, 2.45) is 0 Å². The first-order valence-electron chi connectivity index (χ1n) is 6.74. The van der Waals surface area contributed by atoms with Crippen molar-refractivity contribution in [3.8, 4) is 6.07 Å². The molecular weight excluding hydrogens is 378 g/mol. The Labute approximate surface area is 147 Å². The molecule has 0 fully saturated rings. The molecular formula is C17H13BrClN3O. The van der Waals surface area contributed by atoms with Gasteiger partial charge in [0.25, 0.3) is 5.91 Å². The normalized spacial score (nSPS) is 10.7. The Hall–Kier alpha value is -2.29. The summed E-state index contributed by atoms with van der Waals surface area (Å²) in [6.07, 6.45) is 1.38. The van der Waals surface area contributed by atoms with Crippen molar-refractivity contribution in [2.75, 3.05) is 5.32 Å². The van der Waals surface area contributed by atoms with Gasteiger partial charge in [0.05, 0.1) is 0 Å². The van der Waals surface area contributed by atoms with E-state index < -0.39 is 5.91 Å². The van der Waals surface area contributed by atoms with Crippen molar-refractivity contribution < 1.29 is 4.79 Å². The van der Waals surface area contributed by atoms with Crippen molar-refractivity contribution in [3.63, 3.8) is 0 Å². The van der Waals surface area contributed by atoms with Gasteiger partial charge in [0.15, 0.2) is 0 Å². The van der Waals surface area contributed by atoms with Crippen LogP contribution in [0.4, 0.5) is 5.69 Å². The van der Waals surface area contributed by atoms with Crippen LogP contribution in [0, 0.1) is 11.3 Å². The molecule has 1 amide bonds. The lowest BCUT2D eigenvalue weighted by atomic mass is 10.2. The number of rotatable bonds is 5. The van der Waals surface area contributed by atoms with E-state index >= 15 is 0 Å². The second kappa shape index (κ2) is 8.37. The highest BCUT2D eigenvalue weighted by atomic mass is 79.9. The van der Waals surface area contributed by atoms with Gasteiger partial charge in [-0.25, -0.2) is 0 Å². The number of hydrogen-bond donors (Lipinski definition) is 2. The molecule has 2 aromatic rings. The Morgan fingerprint density at radius 2 is 1.91 bits per heavy atom. The highest BCUT2D eigenvalue weighted by Gasteiger charge is 2.09. The topological polar surface area (TPSA) is 64.9 Å². The summed E-state index contributed by atoms with van der Waals surface area (Å²) in [5, 5.41) is 15.3. The van der Waals surface area contributed by atoms with Crippen LogP contribution in [0.2, 0.25) is 5.02 Å². The fourth-order valence-corrected chi connectivity index (χ4v) is 2.23. The van der Waals surface area contributed by atoms with E-state index in [0.717, 1.165) is 15.7 Å². The Morgan fingerprint density at radius 1 is 1.22 bits per heavy atom. The smallest absolute Gasteiger partial charge is 0.263 e. The molecule has 2 rings (SSSR count). The molecule has 0 spiro atoms. The van der Waals surface area contributed by atoms with Gasteiger partial charge in [-0.3, -0.25) is 4.79 Å². The van der Waals surface area contributed by atoms with Crippen LogP contribution < -0.4 is 10.6 Å². The third-order valence-corrected chi connectivity index (χ3v) is 3.89. The number of nitrogens with zero attached hydrogens (tertiary/aromatic N) is 1. The molecule has 0 saturated heterocycles. The number of carbonyl (C=O) groups excluding carboxylic acids is 1. The van der Waals surface area contributed by atoms with Gasteiger partial charge in [0.2, 0.25) is 0 Å². The highest BCUT2D eigenvalue weighted by Crippen LogP contribution is 2.15. The number of nitrogens with one attached hydrogen (secondary N) is 2. The first-order valence-corrected chi connectivity index (χ1v) is 7.91. The van der Waals surface area contributed by atoms with Crippen LogP contribution in [0.15, 0.2) is 64.8 Å². The summed E-state index contributed by atoms with van der Waals surface area (Å²) >= 11 is 9.37. The van der Waals surface area contributed by atoms with E-state index in [-0.39, 0.29) is 12.1 Å². The molecule has 0 radical (unpaired) electrons. The van der Waals surface area contributed by atoms with Gasteiger partial charge in [-0.05, 0) is 35.9 Å². The summed E-state index contributed by atoms with van der Waals surface area (Å²) < 4.78 is 0.949. The average Bonchev–Trinajstić information content (AvgIpc) is 2.56. The molecule has 4 nitrogen and oxygen atoms in total. The third kappa shape index (κ3) is 5.13. The van der Waals surface area contributed by atoms with E-state index in [9.17, 15) is 4.79 Å². The Balaban J connectivity index is 1.98. The number of hydrogen-bond acceptors (Lipinski definition) is 3. The molecule has 0 aliphatic heterocycles. The molecule has 0 saturated carbocycles. The Morgan fingerprint density at radius 3 is 2.57 bits per heavy atom. The molecule has 0 bridgehead atoms. The Bertz CT molecular complexity index is 766. The number of nitriles is 1. The first kappa shape index (κ1) is 17.1. The Kier molecular flexibility index (Phi) is 6.21. The molecule has 0 aliphatic rings. The van der Waals surface area contributed by atoms with Crippen LogP contribution >= 0.6 is 27.5 Å². The van der Waals surface area contributed by atoms with Crippen molar-refractivity contribution >= 4 is 39.1 Å². The van der Waals surface area contributed by atoms with E-state index in [1.165, 1.54) is 6.20 Å². The molecule has 2 N–H and O–H groups in total. The minimum atomic E-state index is -0.461. The van der Waals surface area contributed by atoms with Crippen molar-refractivity contribution in [2.45, 2.75) is 6.54 Å². The molecule has 0 atom stereocenters. The predicted molar refractivity (Wildman–Crippen MR) is 94.8 cm³/mol. The lowest BCUT2D eigenvalue weighted by molar-refractivity contribution is -0.117. The van der Waals surface area contributed by atoms with Gasteiger partial charge in [0, 0.05) is 27.9 Å². The maximum Gasteiger partial charge on any atom is 0.263 e. The zero-order valence-corrected chi connectivity index (χ0v) is 14.4. The van der Waals surface area contributed by atoms with Crippen LogP contribution in [-0.2, 0) is 11.3 Å². The van der Waals surface area contributed by atoms with Crippen LogP contribution in [0.1, 0.15) is 5.56 Å². The van der Waals surface area contributed by atoms with E-state index in [1.807, 2.05) is 48.5 Å². The summed E-state index contributed by atoms with van der Waals surface area (Å²) in [6.45, 7) is 0.260. The van der Waals surface area contributed by atoms with E-state index in [0.29, 0.717) is 5.02 Å². The maximum atomic E-state index is 12.0. The lowest BCUT2D eigenvalue weighted by Gasteiger charge is -2.07. The maximum absolute atomic E-state index is 12.0. The van der Waals surface area contributed by atoms with Crippen LogP contribution in [-0.4, -0.2) is 5.91 Å². The number of halogens is 2. The monoisotopic (exact) mass is 389 g/mol. The van der Waals surface area contributed by atoms with Crippen molar-refractivity contribution in [1.82, 2.24) is 5.32 Å². The highest BCUT2D eigenvalue weighted by molar-refractivity contribution is 9.10. The van der Waals surface area contributed by atoms with E-state index in [1.54, 1.807) is 6.07 Å². The summed E-state index contributed by atoms with van der Waals surface area (Å²) in [5.74, 6) is -0.461. The fraction of sp³-hybridized carbons (Fsp3) is 0.0588. The summed E-state index contributed by atoms with van der Waals surface area (Å²) in [6, 6.07) is 16.5. The van der Waals surface area contributed by atoms with Gasteiger partial charge in [-0.1, -0.05) is 45.7 Å². The lowest BCUT2D eigenvalue weighted by Crippen LogP contribution is -2.24. The first-order chi connectivity index (χ1) is 11.1. The molecule has 116 valence electrons. The van der Waals surface area contributed by atoms with Gasteiger partial charge in [-0.15, -0.1) is 0 Å². The third-order valence-electron chi connectivity index (χ3n) is 2.99. The van der Waals surface area contributed by atoms with Gasteiger partial charge < -0.3 is 10.6 Å². The minimum absolute atomic E-state index is 0.0139. The standard InChI is InChI=1S/C17H13BrClN3O/c18-14-5-7-15(8-6-14)21-11-13(9-20)17(23)22-10-12-3-1-2-4-16(12)19/h1-8,11,21H,10H2,(H,22,23)/b13-11-. The van der Waals surface area contributed by atoms with Gasteiger partial charge in [-0.2, -0.15) is 5.26 Å². The number of amides is 1. The number of anilines is 1. The SMILES string of the molecule is N#C/C(=C/Nc1ccc(Br)cc1)C(=O)NCc1ccccc1Cl. The largest absolute Gasteiger partial charge is 0.360 e. The van der Waals surface area contributed by atoms with Crippen molar-refractivity contribution in [1.29, 1.82) is 5.26 Å². The average molecular weight is 391 g/mol. The second-order valence-corrected chi connectivity index (χ2v) is 5.92. The van der Waals surface area contributed by atoms with Crippen LogP contribution in [0.25, 0.3) is 0 Å². The molecule has 0 aliphatic carbocycles. The summed E-state index contributed by atoms with van der Waals surface area (Å²) in [4.78, 5) is 12.0. The van der Waals surface area contributed by atoms with E-state index in [4.69, 9.17) is 16.9 Å². The van der Waals surface area contributed by atoms with Crippen molar-refractivity contribution in [3.05, 3.63) is 75.4 Å². The molecule has 6 heteroatoms. The molecule has 2 aromatic carbocycles. The molecule has 0 unspecified atom stereocenters. The summed E-state index contributed by atoms with van der Waals surface area (Å²) in [7, 11) is 0. The fourth-order valence-electron chi connectivity index (χ4n) is 1.76. The minimum Gasteiger partial charge on any atom is -0.360 e. The quantitative estimate of drug-likeness (QED) is 0.593. The van der Waals surface area contributed by atoms with E-state index in [2.05, 4.69) is 26.6 Å². The molecule has 0 aromatic heterocycles. The number of carbonyl (C=O) groups is 1. The van der Waals surface area contributed by atoms with Gasteiger partial charge >= 0.3 is 0 Å². The molecule has 0 heterocycles. The molecule has 23 heavy (non-hydrogen) atoms. The van der Waals surface area contributed by atoms with Crippen LogP contribution in [0.3, 0.4) is 0 Å². The van der Waals surface area contributed by atoms with Crippen LogP contribution in [0.5, 0.6) is 0 Å². The zero-order valence-electron chi connectivity index (χ0n) is 12.0. The zero-order chi connectivity index (χ0) is 16.7. The summed E-state index contributed by atoms with van der Waals surface area (Å²) in [5.41, 5.74) is 1.56. The number of benzene rings is 2. The second-order valence-electron chi connectivity index (χ2n) is 4.60. The predicted octanol–water partition coefficient (Wildman–Crippen LogP) is 4.24.